The molecule has 1 saturated heterocycles. The van der Waals surface area contributed by atoms with Crippen molar-refractivity contribution < 1.29 is 28.6 Å². The Morgan fingerprint density at radius 3 is 2.61 bits per heavy atom. The number of esters is 1. The van der Waals surface area contributed by atoms with Gasteiger partial charge in [0.05, 0.1) is 24.9 Å². The Balaban J connectivity index is 1.33. The van der Waals surface area contributed by atoms with Crippen LogP contribution in [0.4, 0.5) is 0 Å². The molecule has 0 aromatic heterocycles. The first-order valence-electron chi connectivity index (χ1n) is 9.57. The third kappa shape index (κ3) is 3.73. The third-order valence-electron chi connectivity index (χ3n) is 5.61. The Bertz CT molecular complexity index is 786. The summed E-state index contributed by atoms with van der Waals surface area (Å²) in [4.78, 5) is 38.3. The van der Waals surface area contributed by atoms with Gasteiger partial charge in [-0.05, 0) is 25.0 Å². The number of carbonyl (C=O) groups excluding carboxylic acids is 3. The fraction of sp³-hybridized carbons (Fsp3) is 0.550. The summed E-state index contributed by atoms with van der Waals surface area (Å²) < 4.78 is 16.1. The average Bonchev–Trinajstić information content (AvgIpc) is 2.95. The predicted octanol–water partition coefficient (Wildman–Crippen LogP) is 2.82. The molecule has 2 atom stereocenters. The van der Waals surface area contributed by atoms with Crippen LogP contribution in [0.5, 0.6) is 5.75 Å². The van der Waals surface area contributed by atoms with Crippen LogP contribution in [0.3, 0.4) is 0 Å². The van der Waals surface area contributed by atoms with Crippen LogP contribution in [-0.2, 0) is 37.1 Å². The lowest BCUT2D eigenvalue weighted by molar-refractivity contribution is -0.146. The van der Waals surface area contributed by atoms with Crippen molar-refractivity contribution in [3.63, 3.8) is 0 Å². The van der Waals surface area contributed by atoms with Gasteiger partial charge in [-0.1, -0.05) is 24.4 Å². The molecule has 2 amide bonds. The maximum Gasteiger partial charge on any atom is 0.307 e. The van der Waals surface area contributed by atoms with Crippen molar-refractivity contribution in [1.29, 1.82) is 0 Å². The van der Waals surface area contributed by atoms with Crippen LogP contribution in [0.2, 0.25) is 5.02 Å². The molecule has 7 nitrogen and oxygen atoms in total. The van der Waals surface area contributed by atoms with E-state index in [-0.39, 0.29) is 50.0 Å². The summed E-state index contributed by atoms with van der Waals surface area (Å²) in [5.41, 5.74) is 1.47. The van der Waals surface area contributed by atoms with Crippen molar-refractivity contribution in [1.82, 2.24) is 4.90 Å². The Morgan fingerprint density at radius 1 is 1.18 bits per heavy atom. The van der Waals surface area contributed by atoms with Crippen molar-refractivity contribution in [2.24, 2.45) is 11.8 Å². The van der Waals surface area contributed by atoms with Gasteiger partial charge in [0.25, 0.3) is 0 Å². The standard InChI is InChI=1S/C20H22ClNO6/c21-14-7-12-9-26-11-28-18(12)13(8-14)10-27-17(23)5-6-22-19(24)15-3-1-2-4-16(15)20(22)25/h7-8,15-16H,1-6,9-11H2/t15-,16+. The van der Waals surface area contributed by atoms with E-state index in [9.17, 15) is 14.4 Å². The Kier molecular flexibility index (Phi) is 5.55. The van der Waals surface area contributed by atoms with Crippen LogP contribution in [0.15, 0.2) is 12.1 Å². The molecule has 2 heterocycles. The number of likely N-dealkylation sites (tertiary alicyclic amines) is 1. The Hall–Kier alpha value is -2.12. The highest BCUT2D eigenvalue weighted by Gasteiger charge is 2.47. The monoisotopic (exact) mass is 407 g/mol. The maximum absolute atomic E-state index is 12.4. The number of rotatable bonds is 5. The highest BCUT2D eigenvalue weighted by molar-refractivity contribution is 6.30. The van der Waals surface area contributed by atoms with E-state index in [1.165, 1.54) is 4.90 Å². The van der Waals surface area contributed by atoms with Gasteiger partial charge in [-0.2, -0.15) is 0 Å². The van der Waals surface area contributed by atoms with Crippen molar-refractivity contribution in [2.45, 2.75) is 45.3 Å². The van der Waals surface area contributed by atoms with Gasteiger partial charge in [-0.3, -0.25) is 19.3 Å². The lowest BCUT2D eigenvalue weighted by atomic mass is 9.81. The van der Waals surface area contributed by atoms with Gasteiger partial charge in [0.1, 0.15) is 12.4 Å². The number of hydrogen-bond acceptors (Lipinski definition) is 6. The first-order chi connectivity index (χ1) is 13.5. The van der Waals surface area contributed by atoms with Gasteiger partial charge < -0.3 is 14.2 Å². The number of fused-ring (bicyclic) bond motifs is 2. The van der Waals surface area contributed by atoms with Crippen LogP contribution in [0.1, 0.15) is 43.2 Å². The largest absolute Gasteiger partial charge is 0.467 e. The Morgan fingerprint density at radius 2 is 1.89 bits per heavy atom. The molecular weight excluding hydrogens is 386 g/mol. The van der Waals surface area contributed by atoms with E-state index < -0.39 is 5.97 Å². The lowest BCUT2D eigenvalue weighted by Gasteiger charge is -2.21. The first kappa shape index (κ1) is 19.2. The zero-order valence-corrected chi connectivity index (χ0v) is 16.2. The van der Waals surface area contributed by atoms with E-state index in [1.807, 2.05) is 0 Å². The summed E-state index contributed by atoms with van der Waals surface area (Å²) in [6.45, 7) is 0.603. The number of imide groups is 1. The predicted molar refractivity (Wildman–Crippen MR) is 98.3 cm³/mol. The molecule has 8 heteroatoms. The number of benzene rings is 1. The van der Waals surface area contributed by atoms with Crippen LogP contribution >= 0.6 is 11.6 Å². The number of ether oxygens (including phenoxy) is 3. The van der Waals surface area contributed by atoms with E-state index in [4.69, 9.17) is 25.8 Å². The number of hydrogen-bond donors (Lipinski definition) is 0. The SMILES string of the molecule is O=C(CCN1C(=O)[C@H]2CCCC[C@H]2C1=O)OCc1cc(Cl)cc2c1OCOC2. The molecule has 2 fully saturated rings. The van der Waals surface area contributed by atoms with E-state index in [0.717, 1.165) is 31.2 Å². The third-order valence-corrected chi connectivity index (χ3v) is 5.83. The van der Waals surface area contributed by atoms with Gasteiger partial charge in [-0.25, -0.2) is 0 Å². The fourth-order valence-corrected chi connectivity index (χ4v) is 4.51. The van der Waals surface area contributed by atoms with Gasteiger partial charge in [0, 0.05) is 22.7 Å². The van der Waals surface area contributed by atoms with Crippen LogP contribution in [0, 0.1) is 11.8 Å². The topological polar surface area (TPSA) is 82.1 Å². The molecule has 1 aromatic carbocycles. The quantitative estimate of drug-likeness (QED) is 0.551. The fourth-order valence-electron chi connectivity index (χ4n) is 4.25. The highest BCUT2D eigenvalue weighted by atomic mass is 35.5. The van der Waals surface area contributed by atoms with Gasteiger partial charge in [-0.15, -0.1) is 0 Å². The maximum atomic E-state index is 12.4. The zero-order valence-electron chi connectivity index (χ0n) is 15.4. The normalized spacial score (nSPS) is 23.8. The number of halogens is 1. The molecule has 1 saturated carbocycles. The molecule has 0 N–H and O–H groups in total. The van der Waals surface area contributed by atoms with Crippen molar-refractivity contribution in [2.75, 3.05) is 13.3 Å². The summed E-state index contributed by atoms with van der Waals surface area (Å²) in [5.74, 6) is -0.530. The molecule has 1 aliphatic carbocycles. The van der Waals surface area contributed by atoms with Crippen LogP contribution in [0.25, 0.3) is 0 Å². The van der Waals surface area contributed by atoms with Crippen LogP contribution in [-0.4, -0.2) is 36.0 Å². The first-order valence-corrected chi connectivity index (χ1v) is 9.95. The molecule has 28 heavy (non-hydrogen) atoms. The zero-order chi connectivity index (χ0) is 19.7. The molecule has 0 spiro atoms. The molecular formula is C20H22ClNO6. The molecule has 0 unspecified atom stereocenters. The minimum atomic E-state index is -0.476. The molecule has 150 valence electrons. The van der Waals surface area contributed by atoms with E-state index >= 15 is 0 Å². The second kappa shape index (κ2) is 8.09. The highest BCUT2D eigenvalue weighted by Crippen LogP contribution is 2.38. The minimum absolute atomic E-state index is 0.00880. The van der Waals surface area contributed by atoms with Crippen molar-refractivity contribution in [3.8, 4) is 5.75 Å². The summed E-state index contributed by atoms with van der Waals surface area (Å²) in [7, 11) is 0. The number of nitrogens with zero attached hydrogens (tertiary/aromatic N) is 1. The molecule has 3 aliphatic rings. The molecule has 0 bridgehead atoms. The average molecular weight is 408 g/mol. The van der Waals surface area contributed by atoms with Gasteiger partial charge in [0.15, 0.2) is 6.79 Å². The molecule has 0 radical (unpaired) electrons. The molecule has 1 aromatic rings. The lowest BCUT2D eigenvalue weighted by Crippen LogP contribution is -2.33. The molecule has 2 aliphatic heterocycles. The number of carbonyl (C=O) groups is 3. The van der Waals surface area contributed by atoms with Crippen molar-refractivity contribution >= 4 is 29.4 Å². The van der Waals surface area contributed by atoms with Gasteiger partial charge in [0.2, 0.25) is 11.8 Å². The van der Waals surface area contributed by atoms with E-state index in [1.54, 1.807) is 12.1 Å². The summed E-state index contributed by atoms with van der Waals surface area (Å²) in [5, 5.41) is 0.509. The minimum Gasteiger partial charge on any atom is -0.467 e. The summed E-state index contributed by atoms with van der Waals surface area (Å²) >= 11 is 6.10. The van der Waals surface area contributed by atoms with Gasteiger partial charge >= 0.3 is 5.97 Å². The smallest absolute Gasteiger partial charge is 0.307 e. The Labute approximate surface area is 167 Å². The number of amides is 2. The summed E-state index contributed by atoms with van der Waals surface area (Å²) in [6.07, 6.45) is 3.46. The second-order valence-corrected chi connectivity index (χ2v) is 7.84. The van der Waals surface area contributed by atoms with E-state index in [2.05, 4.69) is 0 Å². The summed E-state index contributed by atoms with van der Waals surface area (Å²) in [6, 6.07) is 3.45. The van der Waals surface area contributed by atoms with Crippen molar-refractivity contribution in [3.05, 3.63) is 28.3 Å². The van der Waals surface area contributed by atoms with E-state index in [0.29, 0.717) is 22.9 Å². The second-order valence-electron chi connectivity index (χ2n) is 7.40. The van der Waals surface area contributed by atoms with Crippen LogP contribution < -0.4 is 4.74 Å². The molecule has 4 rings (SSSR count).